The first-order valence-corrected chi connectivity index (χ1v) is 8.57. The van der Waals surface area contributed by atoms with Crippen molar-refractivity contribution in [3.05, 3.63) is 51.8 Å². The second-order valence-corrected chi connectivity index (χ2v) is 7.11. The molecule has 0 unspecified atom stereocenters. The summed E-state index contributed by atoms with van der Waals surface area (Å²) < 4.78 is 7.06. The van der Waals surface area contributed by atoms with E-state index in [1.165, 1.54) is 11.1 Å². The van der Waals surface area contributed by atoms with E-state index in [2.05, 4.69) is 41.6 Å². The molecule has 0 spiro atoms. The number of rotatable bonds is 7. The highest BCUT2D eigenvalue weighted by molar-refractivity contribution is 6.30. The van der Waals surface area contributed by atoms with Crippen molar-refractivity contribution in [3.63, 3.8) is 0 Å². The molecule has 2 heterocycles. The maximum atomic E-state index is 9.47. The predicted octanol–water partition coefficient (Wildman–Crippen LogP) is 2.30. The summed E-state index contributed by atoms with van der Waals surface area (Å²) in [6.45, 7) is 7.41. The van der Waals surface area contributed by atoms with Gasteiger partial charge in [0.25, 0.3) is 0 Å². The molecule has 0 aliphatic carbocycles. The van der Waals surface area contributed by atoms with Crippen LogP contribution in [0, 0.1) is 19.3 Å². The molecule has 1 aliphatic rings. The van der Waals surface area contributed by atoms with Crippen molar-refractivity contribution < 1.29 is 9.84 Å². The average molecular weight is 350 g/mol. The fourth-order valence-corrected chi connectivity index (χ4v) is 3.16. The van der Waals surface area contributed by atoms with Crippen LogP contribution in [-0.4, -0.2) is 41.3 Å². The van der Waals surface area contributed by atoms with Gasteiger partial charge in [0.05, 0.1) is 37.5 Å². The lowest BCUT2D eigenvalue weighted by Gasteiger charge is -2.40. The molecule has 0 saturated carbocycles. The fourth-order valence-electron chi connectivity index (χ4n) is 2.86. The first kappa shape index (κ1) is 17.4. The molecule has 2 aromatic rings. The minimum absolute atomic E-state index is 0.138. The highest BCUT2D eigenvalue weighted by Gasteiger charge is 2.37. The molecule has 3 rings (SSSR count). The average Bonchev–Trinajstić information content (AvgIpc) is 2.79. The van der Waals surface area contributed by atoms with Gasteiger partial charge in [-0.1, -0.05) is 41.4 Å². The van der Waals surface area contributed by atoms with Crippen molar-refractivity contribution in [2.45, 2.75) is 26.9 Å². The van der Waals surface area contributed by atoms with E-state index < -0.39 is 0 Å². The van der Waals surface area contributed by atoms with Crippen LogP contribution in [0.15, 0.2) is 24.3 Å². The number of nitrogens with zero attached hydrogens (tertiary/aromatic N) is 2. The summed E-state index contributed by atoms with van der Waals surface area (Å²) in [5, 5.41) is 18.1. The Morgan fingerprint density at radius 1 is 1.29 bits per heavy atom. The van der Waals surface area contributed by atoms with Crippen molar-refractivity contribution >= 4 is 11.6 Å². The van der Waals surface area contributed by atoms with Crippen LogP contribution in [0.2, 0.25) is 5.15 Å². The quantitative estimate of drug-likeness (QED) is 0.805. The van der Waals surface area contributed by atoms with E-state index >= 15 is 0 Å². The molecular formula is C18H24ClN3O2. The first-order valence-electron chi connectivity index (χ1n) is 8.20. The highest BCUT2D eigenvalue weighted by atomic mass is 35.5. The minimum atomic E-state index is -0.141. The molecule has 0 radical (unpaired) electrons. The zero-order chi connectivity index (χ0) is 17.2. The van der Waals surface area contributed by atoms with Crippen molar-refractivity contribution in [1.29, 1.82) is 0 Å². The molecule has 1 aromatic heterocycles. The van der Waals surface area contributed by atoms with Gasteiger partial charge >= 0.3 is 0 Å². The summed E-state index contributed by atoms with van der Waals surface area (Å²) in [5.41, 5.74) is 4.22. The van der Waals surface area contributed by atoms with E-state index in [9.17, 15) is 5.11 Å². The van der Waals surface area contributed by atoms with Gasteiger partial charge in [-0.05, 0) is 19.4 Å². The van der Waals surface area contributed by atoms with Crippen LogP contribution in [0.1, 0.15) is 22.4 Å². The minimum Gasteiger partial charge on any atom is -0.396 e. The zero-order valence-corrected chi connectivity index (χ0v) is 14.9. The van der Waals surface area contributed by atoms with Gasteiger partial charge in [0.2, 0.25) is 0 Å². The smallest absolute Gasteiger partial charge is 0.132 e. The largest absolute Gasteiger partial charge is 0.396 e. The normalized spacial score (nSPS) is 16.2. The molecule has 1 aromatic carbocycles. The van der Waals surface area contributed by atoms with Crippen LogP contribution < -0.4 is 5.32 Å². The maximum Gasteiger partial charge on any atom is 0.132 e. The molecule has 2 N–H and O–H groups in total. The molecule has 5 nitrogen and oxygen atoms in total. The molecule has 0 bridgehead atoms. The Morgan fingerprint density at radius 3 is 2.58 bits per heavy atom. The zero-order valence-electron chi connectivity index (χ0n) is 14.2. The van der Waals surface area contributed by atoms with Crippen LogP contribution >= 0.6 is 11.6 Å². The molecule has 0 amide bonds. The predicted molar refractivity (Wildman–Crippen MR) is 94.3 cm³/mol. The second kappa shape index (κ2) is 7.23. The van der Waals surface area contributed by atoms with E-state index in [0.29, 0.717) is 38.0 Å². The third-order valence-corrected chi connectivity index (χ3v) is 5.01. The molecule has 1 fully saturated rings. The van der Waals surface area contributed by atoms with Crippen molar-refractivity contribution in [1.82, 2.24) is 15.1 Å². The Balaban J connectivity index is 1.64. The lowest BCUT2D eigenvalue weighted by atomic mass is 9.87. The standard InChI is InChI=1S/C18H24ClN3O2/c1-13-3-5-15(6-4-13)8-22-17(19)16(14(2)21-22)7-20-9-18(10-23)11-24-12-18/h3-6,20,23H,7-12H2,1-2H3. The summed E-state index contributed by atoms with van der Waals surface area (Å²) in [4.78, 5) is 0. The number of aliphatic hydroxyl groups excluding tert-OH is 1. The maximum absolute atomic E-state index is 9.47. The number of benzene rings is 1. The Kier molecular flexibility index (Phi) is 5.25. The summed E-state index contributed by atoms with van der Waals surface area (Å²) >= 11 is 6.53. The third-order valence-electron chi connectivity index (χ3n) is 4.59. The van der Waals surface area contributed by atoms with Gasteiger partial charge in [0.15, 0.2) is 0 Å². The van der Waals surface area contributed by atoms with Crippen LogP contribution in [0.4, 0.5) is 0 Å². The Morgan fingerprint density at radius 2 is 2.00 bits per heavy atom. The Bertz CT molecular complexity index is 688. The lowest BCUT2D eigenvalue weighted by molar-refractivity contribution is -0.134. The highest BCUT2D eigenvalue weighted by Crippen LogP contribution is 2.26. The van der Waals surface area contributed by atoms with E-state index in [-0.39, 0.29) is 12.0 Å². The molecule has 130 valence electrons. The summed E-state index contributed by atoms with van der Waals surface area (Å²) in [5.74, 6) is 0. The molecule has 0 atom stereocenters. The van der Waals surface area contributed by atoms with E-state index in [4.69, 9.17) is 16.3 Å². The molecular weight excluding hydrogens is 326 g/mol. The van der Waals surface area contributed by atoms with Crippen molar-refractivity contribution in [2.24, 2.45) is 5.41 Å². The number of nitrogens with one attached hydrogen (secondary N) is 1. The Hall–Kier alpha value is -1.40. The number of hydrogen-bond acceptors (Lipinski definition) is 4. The molecule has 6 heteroatoms. The summed E-state index contributed by atoms with van der Waals surface area (Å²) in [7, 11) is 0. The molecule has 24 heavy (non-hydrogen) atoms. The second-order valence-electron chi connectivity index (χ2n) is 6.75. The number of hydrogen-bond donors (Lipinski definition) is 2. The summed E-state index contributed by atoms with van der Waals surface area (Å²) in [6, 6.07) is 8.39. The van der Waals surface area contributed by atoms with E-state index in [1.807, 2.05) is 11.6 Å². The van der Waals surface area contributed by atoms with Crippen molar-refractivity contribution in [3.8, 4) is 0 Å². The van der Waals surface area contributed by atoms with E-state index in [1.54, 1.807) is 0 Å². The van der Waals surface area contributed by atoms with Gasteiger partial charge in [-0.15, -0.1) is 0 Å². The number of aromatic nitrogens is 2. The number of aliphatic hydroxyl groups is 1. The van der Waals surface area contributed by atoms with Crippen LogP contribution in [0.3, 0.4) is 0 Å². The monoisotopic (exact) mass is 349 g/mol. The fraction of sp³-hybridized carbons (Fsp3) is 0.500. The van der Waals surface area contributed by atoms with Gasteiger partial charge < -0.3 is 15.2 Å². The SMILES string of the molecule is Cc1ccc(Cn2nc(C)c(CNCC3(CO)COC3)c2Cl)cc1. The van der Waals surface area contributed by atoms with Gasteiger partial charge in [0.1, 0.15) is 5.15 Å². The van der Waals surface area contributed by atoms with E-state index in [0.717, 1.165) is 11.3 Å². The number of ether oxygens (including phenoxy) is 1. The third kappa shape index (κ3) is 3.64. The molecule has 1 aliphatic heterocycles. The topological polar surface area (TPSA) is 59.3 Å². The van der Waals surface area contributed by atoms with Gasteiger partial charge in [-0.25, -0.2) is 4.68 Å². The van der Waals surface area contributed by atoms with Crippen molar-refractivity contribution in [2.75, 3.05) is 26.4 Å². The van der Waals surface area contributed by atoms with Gasteiger partial charge in [-0.2, -0.15) is 5.10 Å². The van der Waals surface area contributed by atoms with Crippen LogP contribution in [0.5, 0.6) is 0 Å². The van der Waals surface area contributed by atoms with Gasteiger partial charge in [0, 0.05) is 18.7 Å². The lowest BCUT2D eigenvalue weighted by Crippen LogP contribution is -2.52. The molecule has 1 saturated heterocycles. The number of aryl methyl sites for hydroxylation is 2. The van der Waals surface area contributed by atoms with Crippen LogP contribution in [-0.2, 0) is 17.8 Å². The van der Waals surface area contributed by atoms with Crippen LogP contribution in [0.25, 0.3) is 0 Å². The van der Waals surface area contributed by atoms with Gasteiger partial charge in [-0.3, -0.25) is 0 Å². The first-order chi connectivity index (χ1) is 11.5. The summed E-state index contributed by atoms with van der Waals surface area (Å²) in [6.07, 6.45) is 0. The number of halogens is 1. The Labute approximate surface area is 147 Å².